The zero-order valence-corrected chi connectivity index (χ0v) is 7.86. The second kappa shape index (κ2) is 4.29. The molecule has 0 aromatic heterocycles. The molecule has 13 heavy (non-hydrogen) atoms. The highest BCUT2D eigenvalue weighted by Crippen LogP contribution is 2.22. The molecule has 0 aromatic rings. The van der Waals surface area contributed by atoms with Gasteiger partial charge in [-0.25, -0.2) is 0 Å². The molecular formula is C10H15NO2. The Balaban J connectivity index is 2.59. The molecule has 0 aromatic carbocycles. The molecule has 1 amide bonds. The SMILES string of the molecule is C#CC(=O)N(C)C1CCCCC1O. The lowest BCUT2D eigenvalue weighted by Gasteiger charge is -2.34. The minimum Gasteiger partial charge on any atom is -0.391 e. The Morgan fingerprint density at radius 3 is 2.69 bits per heavy atom. The van der Waals surface area contributed by atoms with E-state index in [4.69, 9.17) is 6.42 Å². The van der Waals surface area contributed by atoms with E-state index in [0.29, 0.717) is 0 Å². The fourth-order valence-corrected chi connectivity index (χ4v) is 1.80. The fourth-order valence-electron chi connectivity index (χ4n) is 1.80. The van der Waals surface area contributed by atoms with Gasteiger partial charge in [-0.05, 0) is 18.8 Å². The summed E-state index contributed by atoms with van der Waals surface area (Å²) in [6.07, 6.45) is 8.32. The number of carbonyl (C=O) groups is 1. The second-order valence-corrected chi connectivity index (χ2v) is 3.48. The summed E-state index contributed by atoms with van der Waals surface area (Å²) < 4.78 is 0. The lowest BCUT2D eigenvalue weighted by molar-refractivity contribution is -0.129. The van der Waals surface area contributed by atoms with Crippen LogP contribution in [0.25, 0.3) is 0 Å². The maximum Gasteiger partial charge on any atom is 0.298 e. The largest absolute Gasteiger partial charge is 0.391 e. The zero-order valence-electron chi connectivity index (χ0n) is 7.86. The number of terminal acetylenes is 1. The van der Waals surface area contributed by atoms with E-state index in [0.717, 1.165) is 25.7 Å². The number of hydrogen-bond donors (Lipinski definition) is 1. The molecule has 0 bridgehead atoms. The third kappa shape index (κ3) is 2.22. The Bertz CT molecular complexity index is 232. The number of nitrogens with zero attached hydrogens (tertiary/aromatic N) is 1. The van der Waals surface area contributed by atoms with E-state index >= 15 is 0 Å². The summed E-state index contributed by atoms with van der Waals surface area (Å²) in [5.41, 5.74) is 0. The average Bonchev–Trinajstić information content (AvgIpc) is 2.16. The first kappa shape index (κ1) is 10.1. The Labute approximate surface area is 78.7 Å². The van der Waals surface area contributed by atoms with Crippen LogP contribution in [0.15, 0.2) is 0 Å². The van der Waals surface area contributed by atoms with Gasteiger partial charge < -0.3 is 10.0 Å². The van der Waals surface area contributed by atoms with E-state index in [9.17, 15) is 9.90 Å². The molecule has 2 unspecified atom stereocenters. The monoisotopic (exact) mass is 181 g/mol. The van der Waals surface area contributed by atoms with Gasteiger partial charge in [0.05, 0.1) is 12.1 Å². The van der Waals surface area contributed by atoms with Crippen molar-refractivity contribution in [3.63, 3.8) is 0 Å². The molecule has 0 spiro atoms. The topological polar surface area (TPSA) is 40.5 Å². The maximum atomic E-state index is 11.1. The number of likely N-dealkylation sites (N-methyl/N-ethyl adjacent to an activating group) is 1. The van der Waals surface area contributed by atoms with Gasteiger partial charge in [0.25, 0.3) is 5.91 Å². The van der Waals surface area contributed by atoms with Gasteiger partial charge in [-0.15, -0.1) is 6.42 Å². The first-order chi connectivity index (χ1) is 6.16. The van der Waals surface area contributed by atoms with Gasteiger partial charge >= 0.3 is 0 Å². The van der Waals surface area contributed by atoms with Crippen LogP contribution >= 0.6 is 0 Å². The standard InChI is InChI=1S/C10H15NO2/c1-3-10(13)11(2)8-6-4-5-7-9(8)12/h1,8-9,12H,4-7H2,2H3. The van der Waals surface area contributed by atoms with Gasteiger partial charge in [0.15, 0.2) is 0 Å². The van der Waals surface area contributed by atoms with Gasteiger partial charge in [-0.1, -0.05) is 12.8 Å². The number of aliphatic hydroxyl groups is 1. The van der Waals surface area contributed by atoms with E-state index in [-0.39, 0.29) is 11.9 Å². The van der Waals surface area contributed by atoms with Crippen LogP contribution in [-0.4, -0.2) is 35.1 Å². The average molecular weight is 181 g/mol. The van der Waals surface area contributed by atoms with Crippen molar-refractivity contribution in [1.29, 1.82) is 0 Å². The molecule has 72 valence electrons. The Kier molecular flexibility index (Phi) is 3.32. The van der Waals surface area contributed by atoms with Crippen molar-refractivity contribution in [2.75, 3.05) is 7.05 Å². The highest BCUT2D eigenvalue weighted by atomic mass is 16.3. The minimum absolute atomic E-state index is 0.0858. The van der Waals surface area contributed by atoms with E-state index in [2.05, 4.69) is 5.92 Å². The molecular weight excluding hydrogens is 166 g/mol. The Hall–Kier alpha value is -1.01. The summed E-state index contributed by atoms with van der Waals surface area (Å²) in [6, 6.07) is -0.0858. The normalized spacial score (nSPS) is 27.8. The molecule has 3 heteroatoms. The molecule has 1 fully saturated rings. The first-order valence-corrected chi connectivity index (χ1v) is 4.58. The lowest BCUT2D eigenvalue weighted by Crippen LogP contribution is -2.45. The van der Waals surface area contributed by atoms with E-state index in [1.165, 1.54) is 4.90 Å². The van der Waals surface area contributed by atoms with Crippen molar-refractivity contribution < 1.29 is 9.90 Å². The molecule has 1 rings (SSSR count). The number of amides is 1. The van der Waals surface area contributed by atoms with Crippen LogP contribution in [0.2, 0.25) is 0 Å². The van der Waals surface area contributed by atoms with Crippen molar-refractivity contribution >= 4 is 5.91 Å². The van der Waals surface area contributed by atoms with Crippen molar-refractivity contribution in [3.05, 3.63) is 0 Å². The van der Waals surface area contributed by atoms with Crippen LogP contribution in [0.5, 0.6) is 0 Å². The van der Waals surface area contributed by atoms with Crippen molar-refractivity contribution in [2.45, 2.75) is 37.8 Å². The molecule has 0 saturated heterocycles. The van der Waals surface area contributed by atoms with Gasteiger partial charge in [0, 0.05) is 7.05 Å². The maximum absolute atomic E-state index is 11.1. The number of carbonyl (C=O) groups excluding carboxylic acids is 1. The predicted molar refractivity (Wildman–Crippen MR) is 49.9 cm³/mol. The third-order valence-electron chi connectivity index (χ3n) is 2.64. The quantitative estimate of drug-likeness (QED) is 0.594. The molecule has 1 N–H and O–H groups in total. The van der Waals surface area contributed by atoms with Gasteiger partial charge in [-0.3, -0.25) is 4.79 Å². The van der Waals surface area contributed by atoms with Crippen LogP contribution in [0.3, 0.4) is 0 Å². The summed E-state index contributed by atoms with van der Waals surface area (Å²) in [6.45, 7) is 0. The summed E-state index contributed by atoms with van der Waals surface area (Å²) in [5, 5.41) is 9.62. The summed E-state index contributed by atoms with van der Waals surface area (Å²) >= 11 is 0. The second-order valence-electron chi connectivity index (χ2n) is 3.48. The number of rotatable bonds is 1. The zero-order chi connectivity index (χ0) is 9.84. The van der Waals surface area contributed by atoms with Gasteiger partial charge in [-0.2, -0.15) is 0 Å². The Morgan fingerprint density at radius 2 is 2.15 bits per heavy atom. The minimum atomic E-state index is -0.406. The first-order valence-electron chi connectivity index (χ1n) is 4.58. The van der Waals surface area contributed by atoms with Gasteiger partial charge in [0.2, 0.25) is 0 Å². The van der Waals surface area contributed by atoms with Crippen LogP contribution in [0.4, 0.5) is 0 Å². The summed E-state index contributed by atoms with van der Waals surface area (Å²) in [4.78, 5) is 12.6. The molecule has 0 radical (unpaired) electrons. The van der Waals surface area contributed by atoms with E-state index in [1.54, 1.807) is 7.05 Å². The van der Waals surface area contributed by atoms with Crippen molar-refractivity contribution in [2.24, 2.45) is 0 Å². The van der Waals surface area contributed by atoms with Crippen LogP contribution < -0.4 is 0 Å². The number of aliphatic hydroxyl groups excluding tert-OH is 1. The molecule has 1 aliphatic carbocycles. The number of hydrogen-bond acceptors (Lipinski definition) is 2. The van der Waals surface area contributed by atoms with Crippen molar-refractivity contribution in [1.82, 2.24) is 4.90 Å². The highest BCUT2D eigenvalue weighted by Gasteiger charge is 2.28. The third-order valence-corrected chi connectivity index (χ3v) is 2.64. The van der Waals surface area contributed by atoms with Crippen molar-refractivity contribution in [3.8, 4) is 12.3 Å². The lowest BCUT2D eigenvalue weighted by atomic mass is 9.91. The molecule has 3 nitrogen and oxygen atoms in total. The van der Waals surface area contributed by atoms with E-state index in [1.807, 2.05) is 0 Å². The summed E-state index contributed by atoms with van der Waals surface area (Å²) in [5.74, 6) is 1.72. The smallest absolute Gasteiger partial charge is 0.298 e. The molecule has 2 atom stereocenters. The van der Waals surface area contributed by atoms with Crippen LogP contribution in [-0.2, 0) is 4.79 Å². The fraction of sp³-hybridized carbons (Fsp3) is 0.700. The molecule has 1 saturated carbocycles. The van der Waals surface area contributed by atoms with Crippen LogP contribution in [0, 0.1) is 12.3 Å². The highest BCUT2D eigenvalue weighted by molar-refractivity contribution is 5.92. The Morgan fingerprint density at radius 1 is 1.54 bits per heavy atom. The molecule has 0 aliphatic heterocycles. The van der Waals surface area contributed by atoms with E-state index < -0.39 is 6.10 Å². The van der Waals surface area contributed by atoms with Crippen LogP contribution in [0.1, 0.15) is 25.7 Å². The summed E-state index contributed by atoms with van der Waals surface area (Å²) in [7, 11) is 1.65. The van der Waals surface area contributed by atoms with Gasteiger partial charge in [0.1, 0.15) is 0 Å². The predicted octanol–water partition coefficient (Wildman–Crippen LogP) is 0.382. The molecule has 1 aliphatic rings. The molecule has 0 heterocycles.